The first kappa shape index (κ1) is 23.4. The van der Waals surface area contributed by atoms with Crippen molar-refractivity contribution in [1.29, 1.82) is 0 Å². The van der Waals surface area contributed by atoms with Crippen molar-refractivity contribution in [3.05, 3.63) is 47.2 Å². The highest BCUT2D eigenvalue weighted by Crippen LogP contribution is 2.66. The van der Waals surface area contributed by atoms with Crippen molar-refractivity contribution in [3.63, 3.8) is 0 Å². The highest BCUT2D eigenvalue weighted by Gasteiger charge is 2.60. The summed E-state index contributed by atoms with van der Waals surface area (Å²) in [7, 11) is 0. The quantitative estimate of drug-likeness (QED) is 0.497. The normalized spacial score (nSPS) is 30.9. The summed E-state index contributed by atoms with van der Waals surface area (Å²) in [5.41, 5.74) is 2.67. The largest absolute Gasteiger partial charge is 0.415 e. The fourth-order valence-corrected chi connectivity index (χ4v) is 6.52. The number of hydrogen-bond acceptors (Lipinski definition) is 3. The number of carbonyl (C=O) groups excluding carboxylic acids is 1. The van der Waals surface area contributed by atoms with Gasteiger partial charge in [0.05, 0.1) is 6.10 Å². The Morgan fingerprint density at radius 1 is 1.03 bits per heavy atom. The van der Waals surface area contributed by atoms with Crippen molar-refractivity contribution >= 4 is 6.09 Å². The van der Waals surface area contributed by atoms with Crippen LogP contribution in [0.1, 0.15) is 79.9 Å². The molecule has 3 aliphatic carbocycles. The molecule has 1 aliphatic heterocycles. The molecule has 0 aromatic heterocycles. The Morgan fingerprint density at radius 3 is 2.19 bits per heavy atom. The average molecular weight is 440 g/mol. The molecule has 3 fully saturated rings. The number of hydrogen-bond donors (Lipinski definition) is 0. The molecular formula is C28H41NO3. The molecule has 0 unspecified atom stereocenters. The van der Waals surface area contributed by atoms with Gasteiger partial charge in [-0.05, 0) is 74.8 Å². The fourth-order valence-electron chi connectivity index (χ4n) is 6.52. The molecule has 1 heterocycles. The van der Waals surface area contributed by atoms with Crippen LogP contribution in [0.4, 0.5) is 4.79 Å². The van der Waals surface area contributed by atoms with Crippen LogP contribution in [0, 0.1) is 29.1 Å². The summed E-state index contributed by atoms with van der Waals surface area (Å²) in [5, 5.41) is 0. The lowest BCUT2D eigenvalue weighted by Crippen LogP contribution is -2.57. The van der Waals surface area contributed by atoms with E-state index < -0.39 is 0 Å². The predicted octanol–water partition coefficient (Wildman–Crippen LogP) is 6.97. The summed E-state index contributed by atoms with van der Waals surface area (Å²) < 4.78 is 13.2. The number of rotatable bonds is 5. The molecule has 4 aliphatic rings. The van der Waals surface area contributed by atoms with E-state index in [1.807, 2.05) is 50.8 Å². The van der Waals surface area contributed by atoms with Crippen LogP contribution in [-0.2, 0) is 9.47 Å². The standard InChI is InChI=1S/C28H41NO3/c1-16(2)24-21-14-20-15-22(28(20,7)8)23(21)26(25(31-24)19-12-10-9-11-13-19)32-27(30)29(17(3)4)18(5)6/h9-13,16-18,20-22,24-25H,14-15H2,1-8H3/t20-,21-,22-,24+,25-/m0/s1. The Hall–Kier alpha value is -1.81. The van der Waals surface area contributed by atoms with E-state index >= 15 is 0 Å². The molecule has 0 N–H and O–H groups in total. The molecule has 1 aromatic carbocycles. The van der Waals surface area contributed by atoms with Crippen molar-refractivity contribution < 1.29 is 14.3 Å². The van der Waals surface area contributed by atoms with Crippen LogP contribution in [0.3, 0.4) is 0 Å². The Kier molecular flexibility index (Phi) is 6.21. The molecule has 32 heavy (non-hydrogen) atoms. The van der Waals surface area contributed by atoms with Gasteiger partial charge >= 0.3 is 6.09 Å². The van der Waals surface area contributed by atoms with Gasteiger partial charge in [-0.15, -0.1) is 0 Å². The third kappa shape index (κ3) is 3.79. The van der Waals surface area contributed by atoms with Crippen LogP contribution >= 0.6 is 0 Å². The first-order valence-corrected chi connectivity index (χ1v) is 12.5. The zero-order valence-corrected chi connectivity index (χ0v) is 21.1. The summed E-state index contributed by atoms with van der Waals surface area (Å²) in [6.07, 6.45) is 1.87. The molecule has 0 radical (unpaired) electrons. The van der Waals surface area contributed by atoms with Gasteiger partial charge < -0.3 is 14.4 Å². The lowest BCUT2D eigenvalue weighted by molar-refractivity contribution is -0.139. The van der Waals surface area contributed by atoms with E-state index in [1.54, 1.807) is 0 Å². The second kappa shape index (κ2) is 8.52. The monoisotopic (exact) mass is 439 g/mol. The Morgan fingerprint density at radius 2 is 1.66 bits per heavy atom. The van der Waals surface area contributed by atoms with Crippen LogP contribution in [0.5, 0.6) is 0 Å². The molecular weight excluding hydrogens is 398 g/mol. The Balaban J connectivity index is 1.83. The molecule has 1 aromatic rings. The van der Waals surface area contributed by atoms with Crippen molar-refractivity contribution in [2.45, 2.75) is 92.5 Å². The number of amides is 1. The van der Waals surface area contributed by atoms with E-state index in [0.29, 0.717) is 17.8 Å². The van der Waals surface area contributed by atoms with Gasteiger partial charge in [0.2, 0.25) is 0 Å². The van der Waals surface area contributed by atoms with Gasteiger partial charge in [-0.25, -0.2) is 4.79 Å². The maximum Gasteiger partial charge on any atom is 0.415 e. The predicted molar refractivity (Wildman–Crippen MR) is 128 cm³/mol. The molecule has 4 nitrogen and oxygen atoms in total. The third-order valence-electron chi connectivity index (χ3n) is 8.28. The first-order valence-electron chi connectivity index (χ1n) is 12.5. The van der Waals surface area contributed by atoms with E-state index in [2.05, 4.69) is 39.8 Å². The first-order chi connectivity index (χ1) is 15.0. The summed E-state index contributed by atoms with van der Waals surface area (Å²) >= 11 is 0. The van der Waals surface area contributed by atoms with Crippen molar-refractivity contribution in [2.75, 3.05) is 0 Å². The van der Waals surface area contributed by atoms with Gasteiger partial charge in [0.1, 0.15) is 11.9 Å². The maximum absolute atomic E-state index is 13.5. The highest BCUT2D eigenvalue weighted by atomic mass is 16.6. The van der Waals surface area contributed by atoms with Crippen LogP contribution in [0.2, 0.25) is 0 Å². The lowest BCUT2D eigenvalue weighted by atomic mass is 9.43. The van der Waals surface area contributed by atoms with E-state index in [0.717, 1.165) is 23.7 Å². The minimum Gasteiger partial charge on any atom is -0.412 e. The molecule has 5 atom stereocenters. The smallest absolute Gasteiger partial charge is 0.412 e. The molecule has 176 valence electrons. The van der Waals surface area contributed by atoms with Crippen LogP contribution in [0.15, 0.2) is 41.7 Å². The SMILES string of the molecule is CC(C)[C@H]1O[C@@H](c2ccccc2)C(OC(=O)N(C(C)C)C(C)C)=C2[C@@H]1C[C@H]1C[C@@H]2C1(C)C. The molecule has 2 bridgehead atoms. The zero-order chi connectivity index (χ0) is 23.4. The number of nitrogens with zero attached hydrogens (tertiary/aromatic N) is 1. The third-order valence-corrected chi connectivity index (χ3v) is 8.28. The minimum absolute atomic E-state index is 0.0721. The Labute approximate surface area is 194 Å². The van der Waals surface area contributed by atoms with Crippen molar-refractivity contribution in [1.82, 2.24) is 4.90 Å². The number of ether oxygens (including phenoxy) is 2. The molecule has 4 heteroatoms. The molecule has 5 rings (SSSR count). The number of benzene rings is 1. The van der Waals surface area contributed by atoms with E-state index in [1.165, 1.54) is 12.0 Å². The van der Waals surface area contributed by atoms with E-state index in [-0.39, 0.29) is 35.8 Å². The van der Waals surface area contributed by atoms with Gasteiger partial charge in [-0.3, -0.25) is 0 Å². The van der Waals surface area contributed by atoms with Crippen molar-refractivity contribution in [2.24, 2.45) is 29.1 Å². The van der Waals surface area contributed by atoms with Gasteiger partial charge in [0.15, 0.2) is 0 Å². The fraction of sp³-hybridized carbons (Fsp3) is 0.679. The lowest BCUT2D eigenvalue weighted by Gasteiger charge is -2.63. The summed E-state index contributed by atoms with van der Waals surface area (Å²) in [6, 6.07) is 10.4. The van der Waals surface area contributed by atoms with Gasteiger partial charge in [0.25, 0.3) is 0 Å². The molecule has 3 saturated carbocycles. The van der Waals surface area contributed by atoms with E-state index in [9.17, 15) is 4.79 Å². The van der Waals surface area contributed by atoms with Crippen molar-refractivity contribution in [3.8, 4) is 0 Å². The molecule has 1 amide bonds. The summed E-state index contributed by atoms with van der Waals surface area (Å²) in [4.78, 5) is 15.3. The summed E-state index contributed by atoms with van der Waals surface area (Å²) in [6.45, 7) is 17.5. The Bertz CT molecular complexity index is 862. The topological polar surface area (TPSA) is 38.8 Å². The average Bonchev–Trinajstić information content (AvgIpc) is 2.73. The van der Waals surface area contributed by atoms with Gasteiger partial charge in [-0.2, -0.15) is 0 Å². The van der Waals surface area contributed by atoms with Crippen LogP contribution in [0.25, 0.3) is 0 Å². The maximum atomic E-state index is 13.5. The highest BCUT2D eigenvalue weighted by molar-refractivity contribution is 5.70. The number of carbonyl (C=O) groups is 1. The second-order valence-electron chi connectivity index (χ2n) is 11.6. The zero-order valence-electron chi connectivity index (χ0n) is 21.1. The molecule has 0 spiro atoms. The van der Waals surface area contributed by atoms with Crippen LogP contribution < -0.4 is 0 Å². The summed E-state index contributed by atoms with van der Waals surface area (Å²) in [5.74, 6) is 2.68. The van der Waals surface area contributed by atoms with Crippen LogP contribution in [-0.4, -0.2) is 29.2 Å². The van der Waals surface area contributed by atoms with E-state index in [4.69, 9.17) is 9.47 Å². The molecule has 0 saturated heterocycles. The minimum atomic E-state index is -0.340. The second-order valence-corrected chi connectivity index (χ2v) is 11.6. The van der Waals surface area contributed by atoms with Gasteiger partial charge in [-0.1, -0.05) is 58.0 Å². The van der Waals surface area contributed by atoms with Gasteiger partial charge in [0, 0.05) is 18.0 Å².